The number of hydrogen-bond donors (Lipinski definition) is 1. The summed E-state index contributed by atoms with van der Waals surface area (Å²) in [4.78, 5) is 13.6. The Bertz CT molecular complexity index is 492. The van der Waals surface area contributed by atoms with E-state index in [2.05, 4.69) is 43.4 Å². The van der Waals surface area contributed by atoms with E-state index in [0.29, 0.717) is 17.9 Å². The number of benzene rings is 1. The zero-order valence-electron chi connectivity index (χ0n) is 12.5. The minimum absolute atomic E-state index is 0.252. The van der Waals surface area contributed by atoms with Crippen LogP contribution in [0.1, 0.15) is 46.0 Å². The van der Waals surface area contributed by atoms with Crippen molar-refractivity contribution >= 4 is 17.3 Å². The summed E-state index contributed by atoms with van der Waals surface area (Å²) >= 11 is 0. The summed E-state index contributed by atoms with van der Waals surface area (Å²) < 4.78 is 0. The molecule has 108 valence electrons. The van der Waals surface area contributed by atoms with E-state index >= 15 is 0 Å². The van der Waals surface area contributed by atoms with Crippen molar-refractivity contribution in [3.63, 3.8) is 0 Å². The molecule has 2 fully saturated rings. The van der Waals surface area contributed by atoms with Crippen LogP contribution in [0.25, 0.3) is 0 Å². The number of nitrogens with one attached hydrogen (secondary N) is 1. The van der Waals surface area contributed by atoms with Crippen molar-refractivity contribution in [2.45, 2.75) is 52.0 Å². The molecule has 0 aromatic heterocycles. The minimum atomic E-state index is 0.252. The molecular formula is C17H24N2O. The number of anilines is 2. The van der Waals surface area contributed by atoms with Crippen LogP contribution < -0.4 is 10.2 Å². The van der Waals surface area contributed by atoms with Crippen LogP contribution in [0.3, 0.4) is 0 Å². The highest BCUT2D eigenvalue weighted by Crippen LogP contribution is 2.39. The van der Waals surface area contributed by atoms with Gasteiger partial charge in [-0.25, -0.2) is 0 Å². The monoisotopic (exact) mass is 272 g/mol. The molecule has 1 heterocycles. The van der Waals surface area contributed by atoms with Gasteiger partial charge in [-0.3, -0.25) is 4.79 Å². The van der Waals surface area contributed by atoms with Crippen LogP contribution >= 0.6 is 0 Å². The van der Waals surface area contributed by atoms with Gasteiger partial charge in [-0.05, 0) is 48.9 Å². The van der Waals surface area contributed by atoms with Crippen LogP contribution in [-0.2, 0) is 4.79 Å². The lowest BCUT2D eigenvalue weighted by atomic mass is 9.87. The fraction of sp³-hybridized carbons (Fsp3) is 0.588. The molecule has 1 aliphatic heterocycles. The number of amides is 1. The molecule has 3 rings (SSSR count). The van der Waals surface area contributed by atoms with Crippen molar-refractivity contribution in [1.82, 2.24) is 0 Å². The first kappa shape index (κ1) is 13.5. The van der Waals surface area contributed by atoms with E-state index in [9.17, 15) is 4.79 Å². The van der Waals surface area contributed by atoms with E-state index in [-0.39, 0.29) is 5.91 Å². The molecule has 3 nitrogen and oxygen atoms in total. The van der Waals surface area contributed by atoms with Crippen LogP contribution in [0.4, 0.5) is 11.4 Å². The maximum absolute atomic E-state index is 11.7. The third-order valence-electron chi connectivity index (χ3n) is 4.85. The largest absolute Gasteiger partial charge is 0.382 e. The lowest BCUT2D eigenvalue weighted by Gasteiger charge is -2.29. The van der Waals surface area contributed by atoms with Gasteiger partial charge in [0.05, 0.1) is 0 Å². The molecule has 20 heavy (non-hydrogen) atoms. The highest BCUT2D eigenvalue weighted by molar-refractivity contribution is 5.95. The maximum atomic E-state index is 11.7. The molecule has 0 spiro atoms. The fourth-order valence-electron chi connectivity index (χ4n) is 3.45. The average molecular weight is 272 g/mol. The van der Waals surface area contributed by atoms with E-state index in [1.54, 1.807) is 0 Å². The zero-order valence-corrected chi connectivity index (χ0v) is 12.5. The predicted octanol–water partition coefficient (Wildman–Crippen LogP) is 3.80. The van der Waals surface area contributed by atoms with Gasteiger partial charge in [-0.2, -0.15) is 0 Å². The molecule has 0 radical (unpaired) electrons. The van der Waals surface area contributed by atoms with Gasteiger partial charge >= 0.3 is 0 Å². The van der Waals surface area contributed by atoms with Gasteiger partial charge in [0.2, 0.25) is 5.91 Å². The maximum Gasteiger partial charge on any atom is 0.227 e. The molecule has 1 saturated heterocycles. The third kappa shape index (κ3) is 2.54. The van der Waals surface area contributed by atoms with Gasteiger partial charge in [0.15, 0.2) is 0 Å². The summed E-state index contributed by atoms with van der Waals surface area (Å²) in [7, 11) is 0. The Balaban J connectivity index is 1.69. The average Bonchev–Trinajstić information content (AvgIpc) is 2.97. The van der Waals surface area contributed by atoms with Crippen LogP contribution in [0.15, 0.2) is 24.3 Å². The second-order valence-electron chi connectivity index (χ2n) is 6.77. The molecule has 1 N–H and O–H groups in total. The van der Waals surface area contributed by atoms with E-state index < -0.39 is 0 Å². The molecule has 0 bridgehead atoms. The van der Waals surface area contributed by atoms with Crippen LogP contribution in [0.2, 0.25) is 0 Å². The van der Waals surface area contributed by atoms with E-state index in [1.807, 2.05) is 4.90 Å². The smallest absolute Gasteiger partial charge is 0.227 e. The Hall–Kier alpha value is -1.51. The van der Waals surface area contributed by atoms with Crippen LogP contribution in [-0.4, -0.2) is 18.5 Å². The Kier molecular flexibility index (Phi) is 3.45. The van der Waals surface area contributed by atoms with Crippen LogP contribution in [0.5, 0.6) is 0 Å². The third-order valence-corrected chi connectivity index (χ3v) is 4.85. The first-order valence-corrected chi connectivity index (χ1v) is 7.73. The molecule has 1 unspecified atom stereocenters. The van der Waals surface area contributed by atoms with Gasteiger partial charge in [0.25, 0.3) is 0 Å². The minimum Gasteiger partial charge on any atom is -0.382 e. The summed E-state index contributed by atoms with van der Waals surface area (Å²) in [5.41, 5.74) is 2.58. The fourth-order valence-corrected chi connectivity index (χ4v) is 3.45. The molecule has 1 atom stereocenters. The molecular weight excluding hydrogens is 248 g/mol. The van der Waals surface area contributed by atoms with Gasteiger partial charge < -0.3 is 10.2 Å². The van der Waals surface area contributed by atoms with Gasteiger partial charge in [0, 0.05) is 30.4 Å². The molecule has 1 aromatic rings. The van der Waals surface area contributed by atoms with Gasteiger partial charge in [0.1, 0.15) is 0 Å². The first-order chi connectivity index (χ1) is 9.56. The summed E-state index contributed by atoms with van der Waals surface area (Å²) in [5, 5.41) is 3.66. The van der Waals surface area contributed by atoms with E-state index in [4.69, 9.17) is 0 Å². The number of rotatable bonds is 3. The highest BCUT2D eigenvalue weighted by Gasteiger charge is 2.34. The molecule has 1 amide bonds. The number of nitrogens with zero attached hydrogens (tertiary/aromatic N) is 1. The van der Waals surface area contributed by atoms with Crippen LogP contribution in [0, 0.1) is 5.41 Å². The summed E-state index contributed by atoms with van der Waals surface area (Å²) in [5.74, 6) is 0.252. The van der Waals surface area contributed by atoms with Crippen molar-refractivity contribution in [2.24, 2.45) is 5.41 Å². The molecule has 1 aliphatic carbocycles. The van der Waals surface area contributed by atoms with Gasteiger partial charge in [-0.15, -0.1) is 0 Å². The van der Waals surface area contributed by atoms with Crippen molar-refractivity contribution in [1.29, 1.82) is 0 Å². The van der Waals surface area contributed by atoms with Crippen molar-refractivity contribution in [3.05, 3.63) is 24.3 Å². The summed E-state index contributed by atoms with van der Waals surface area (Å²) in [6.45, 7) is 5.55. The zero-order chi connectivity index (χ0) is 14.2. The summed E-state index contributed by atoms with van der Waals surface area (Å²) in [6, 6.07) is 8.90. The number of hydrogen-bond acceptors (Lipinski definition) is 2. The Morgan fingerprint density at radius 3 is 2.50 bits per heavy atom. The molecule has 1 saturated carbocycles. The van der Waals surface area contributed by atoms with Crippen molar-refractivity contribution in [2.75, 3.05) is 16.8 Å². The SMILES string of the molecule is CC1(C)CCCC1Nc1ccc(N2CCCC2=O)cc1. The first-order valence-electron chi connectivity index (χ1n) is 7.73. The van der Waals surface area contributed by atoms with Crippen molar-refractivity contribution < 1.29 is 4.79 Å². The Morgan fingerprint density at radius 2 is 1.95 bits per heavy atom. The topological polar surface area (TPSA) is 32.3 Å². The Labute approximate surface area is 121 Å². The predicted molar refractivity (Wildman–Crippen MR) is 83.1 cm³/mol. The number of carbonyl (C=O) groups is 1. The highest BCUT2D eigenvalue weighted by atomic mass is 16.2. The second-order valence-corrected chi connectivity index (χ2v) is 6.77. The molecule has 2 aliphatic rings. The standard InChI is InChI=1S/C17H24N2O/c1-17(2)11-3-5-15(17)18-13-7-9-14(10-8-13)19-12-4-6-16(19)20/h7-10,15,18H,3-6,11-12H2,1-2H3. The number of carbonyl (C=O) groups excluding carboxylic acids is 1. The lowest BCUT2D eigenvalue weighted by molar-refractivity contribution is -0.117. The van der Waals surface area contributed by atoms with Crippen molar-refractivity contribution in [3.8, 4) is 0 Å². The van der Waals surface area contributed by atoms with E-state index in [0.717, 1.165) is 18.7 Å². The van der Waals surface area contributed by atoms with Gasteiger partial charge in [-0.1, -0.05) is 20.3 Å². The molecule has 3 heteroatoms. The normalized spacial score (nSPS) is 25.2. The van der Waals surface area contributed by atoms with E-state index in [1.165, 1.54) is 24.9 Å². The summed E-state index contributed by atoms with van der Waals surface area (Å²) in [6.07, 6.45) is 5.53. The second kappa shape index (κ2) is 5.12. The molecule has 1 aromatic carbocycles. The quantitative estimate of drug-likeness (QED) is 0.907. The lowest BCUT2D eigenvalue weighted by Crippen LogP contribution is -2.30. The Morgan fingerprint density at radius 1 is 1.20 bits per heavy atom.